The molecule has 0 aliphatic carbocycles. The smallest absolute Gasteiger partial charge is 0.272 e. The molecule has 1 heterocycles. The standard InChI is InChI=1S/C12H9Cl2IN2O2/c1-6-12(15,11(19)17(2)16-6)10(18)8-4-3-7(13)5-9(8)14/h3-5H,1-2H3. The fraction of sp³-hybridized carbons (Fsp3) is 0.250. The van der Waals surface area contributed by atoms with Crippen LogP contribution in [-0.4, -0.2) is 32.9 Å². The molecule has 2 rings (SSSR count). The fourth-order valence-corrected chi connectivity index (χ4v) is 3.08. The zero-order valence-electron chi connectivity index (χ0n) is 10.1. The van der Waals surface area contributed by atoms with E-state index >= 15 is 0 Å². The van der Waals surface area contributed by atoms with Gasteiger partial charge in [0, 0.05) is 17.6 Å². The number of halogens is 3. The van der Waals surface area contributed by atoms with Crippen LogP contribution in [0, 0.1) is 0 Å². The van der Waals surface area contributed by atoms with Crippen LogP contribution in [-0.2, 0) is 4.79 Å². The van der Waals surface area contributed by atoms with Crippen LogP contribution in [0.2, 0.25) is 10.0 Å². The largest absolute Gasteiger partial charge is 0.292 e. The van der Waals surface area contributed by atoms with E-state index in [1.165, 1.54) is 24.2 Å². The van der Waals surface area contributed by atoms with E-state index < -0.39 is 3.42 Å². The fourth-order valence-electron chi connectivity index (χ4n) is 1.84. The molecule has 1 amide bonds. The topological polar surface area (TPSA) is 49.7 Å². The Labute approximate surface area is 133 Å². The number of amides is 1. The Balaban J connectivity index is 2.50. The van der Waals surface area contributed by atoms with Gasteiger partial charge in [-0.15, -0.1) is 0 Å². The number of ketones is 1. The molecule has 1 atom stereocenters. The Morgan fingerprint density at radius 1 is 1.42 bits per heavy atom. The third kappa shape index (κ3) is 2.28. The van der Waals surface area contributed by atoms with Crippen molar-refractivity contribution in [3.05, 3.63) is 33.8 Å². The number of hydrazone groups is 1. The van der Waals surface area contributed by atoms with Gasteiger partial charge in [0.2, 0.25) is 3.42 Å². The molecule has 1 unspecified atom stereocenters. The van der Waals surface area contributed by atoms with Gasteiger partial charge in [0.25, 0.3) is 5.91 Å². The second-order valence-corrected chi connectivity index (χ2v) is 6.59. The van der Waals surface area contributed by atoms with Crippen molar-refractivity contribution in [1.82, 2.24) is 5.01 Å². The molecule has 0 aromatic heterocycles. The average molecular weight is 411 g/mol. The SMILES string of the molecule is CC1=NN(C)C(=O)C1(I)C(=O)c1ccc(Cl)cc1Cl. The van der Waals surface area contributed by atoms with E-state index in [9.17, 15) is 9.59 Å². The Hall–Kier alpha value is -0.660. The molecule has 0 saturated carbocycles. The van der Waals surface area contributed by atoms with E-state index in [1.54, 1.807) is 13.0 Å². The third-order valence-corrected chi connectivity index (χ3v) is 5.16. The van der Waals surface area contributed by atoms with Crippen molar-refractivity contribution < 1.29 is 9.59 Å². The maximum Gasteiger partial charge on any atom is 0.272 e. The van der Waals surface area contributed by atoms with Crippen LogP contribution in [0.4, 0.5) is 0 Å². The van der Waals surface area contributed by atoms with Crippen LogP contribution in [0.15, 0.2) is 23.3 Å². The molecule has 0 bridgehead atoms. The Kier molecular flexibility index (Phi) is 3.90. The minimum absolute atomic E-state index is 0.226. The summed E-state index contributed by atoms with van der Waals surface area (Å²) in [5.74, 6) is -0.757. The Bertz CT molecular complexity index is 618. The summed E-state index contributed by atoms with van der Waals surface area (Å²) in [4.78, 5) is 24.7. The molecule has 1 aliphatic heterocycles. The van der Waals surface area contributed by atoms with Gasteiger partial charge in [-0.2, -0.15) is 5.10 Å². The number of carbonyl (C=O) groups excluding carboxylic acids is 2. The first-order valence-corrected chi connectivity index (χ1v) is 7.14. The lowest BCUT2D eigenvalue weighted by Crippen LogP contribution is -2.46. The number of benzene rings is 1. The molecule has 1 aliphatic rings. The predicted octanol–water partition coefficient (Wildman–Crippen LogP) is 3.20. The van der Waals surface area contributed by atoms with Gasteiger partial charge in [0.05, 0.1) is 10.7 Å². The van der Waals surface area contributed by atoms with Crippen molar-refractivity contribution in [1.29, 1.82) is 0 Å². The molecule has 0 radical (unpaired) electrons. The van der Waals surface area contributed by atoms with Gasteiger partial charge in [-0.05, 0) is 25.1 Å². The van der Waals surface area contributed by atoms with Crippen molar-refractivity contribution in [3.63, 3.8) is 0 Å². The normalized spacial score (nSPS) is 22.7. The number of carbonyl (C=O) groups is 2. The minimum atomic E-state index is -1.33. The number of rotatable bonds is 2. The summed E-state index contributed by atoms with van der Waals surface area (Å²) in [5.41, 5.74) is 0.704. The predicted molar refractivity (Wildman–Crippen MR) is 83.4 cm³/mol. The van der Waals surface area contributed by atoms with Crippen LogP contribution in [0.5, 0.6) is 0 Å². The highest BCUT2D eigenvalue weighted by atomic mass is 127. The molecule has 100 valence electrons. The molecule has 1 aromatic carbocycles. The highest BCUT2D eigenvalue weighted by molar-refractivity contribution is 14.1. The van der Waals surface area contributed by atoms with Crippen molar-refractivity contribution in [2.24, 2.45) is 5.10 Å². The number of hydrogen-bond donors (Lipinski definition) is 0. The van der Waals surface area contributed by atoms with Gasteiger partial charge in [-0.25, -0.2) is 5.01 Å². The summed E-state index contributed by atoms with van der Waals surface area (Å²) in [5, 5.41) is 5.85. The van der Waals surface area contributed by atoms with Gasteiger partial charge in [-0.1, -0.05) is 45.8 Å². The molecule has 0 spiro atoms. The Morgan fingerprint density at radius 3 is 2.53 bits per heavy atom. The van der Waals surface area contributed by atoms with Gasteiger partial charge in [0.15, 0.2) is 5.78 Å². The highest BCUT2D eigenvalue weighted by Crippen LogP contribution is 2.35. The van der Waals surface area contributed by atoms with Crippen LogP contribution in [0.1, 0.15) is 17.3 Å². The van der Waals surface area contributed by atoms with Crippen molar-refractivity contribution in [2.45, 2.75) is 10.3 Å². The van der Waals surface area contributed by atoms with Gasteiger partial charge in [0.1, 0.15) is 0 Å². The molecule has 7 heteroatoms. The zero-order valence-corrected chi connectivity index (χ0v) is 13.7. The first-order chi connectivity index (χ1) is 8.78. The molecule has 0 saturated heterocycles. The summed E-state index contributed by atoms with van der Waals surface area (Å²) in [7, 11) is 1.52. The maximum absolute atomic E-state index is 12.6. The van der Waals surface area contributed by atoms with Crippen molar-refractivity contribution >= 4 is 63.2 Å². The summed E-state index contributed by atoms with van der Waals surface area (Å²) < 4.78 is -1.33. The first-order valence-electron chi connectivity index (χ1n) is 5.31. The van der Waals surface area contributed by atoms with Gasteiger partial charge in [-0.3, -0.25) is 9.59 Å². The Morgan fingerprint density at radius 2 is 2.05 bits per heavy atom. The number of nitrogens with zero attached hydrogens (tertiary/aromatic N) is 2. The van der Waals surface area contributed by atoms with Crippen LogP contribution in [0.3, 0.4) is 0 Å². The van der Waals surface area contributed by atoms with E-state index in [0.717, 1.165) is 0 Å². The highest BCUT2D eigenvalue weighted by Gasteiger charge is 2.52. The zero-order chi connectivity index (χ0) is 14.4. The third-order valence-electron chi connectivity index (χ3n) is 2.88. The lowest BCUT2D eigenvalue weighted by atomic mass is 9.93. The van der Waals surface area contributed by atoms with E-state index in [-0.39, 0.29) is 22.3 Å². The van der Waals surface area contributed by atoms with Gasteiger partial charge >= 0.3 is 0 Å². The van der Waals surface area contributed by atoms with Gasteiger partial charge < -0.3 is 0 Å². The quantitative estimate of drug-likeness (QED) is 0.325. The van der Waals surface area contributed by atoms with E-state index in [2.05, 4.69) is 5.10 Å². The number of alkyl halides is 1. The molecule has 0 N–H and O–H groups in total. The molecular formula is C12H9Cl2IN2O2. The molecule has 19 heavy (non-hydrogen) atoms. The number of hydrogen-bond acceptors (Lipinski definition) is 3. The monoisotopic (exact) mass is 410 g/mol. The van der Waals surface area contributed by atoms with Crippen molar-refractivity contribution in [2.75, 3.05) is 7.05 Å². The summed E-state index contributed by atoms with van der Waals surface area (Å²) in [6.45, 7) is 1.65. The van der Waals surface area contributed by atoms with Crippen LogP contribution < -0.4 is 0 Å². The van der Waals surface area contributed by atoms with E-state index in [4.69, 9.17) is 23.2 Å². The minimum Gasteiger partial charge on any atom is -0.292 e. The first kappa shape index (κ1) is 14.7. The summed E-state index contributed by atoms with van der Waals surface area (Å²) >= 11 is 13.6. The summed E-state index contributed by atoms with van der Waals surface area (Å²) in [6, 6.07) is 4.56. The van der Waals surface area contributed by atoms with E-state index in [1.807, 2.05) is 22.6 Å². The van der Waals surface area contributed by atoms with E-state index in [0.29, 0.717) is 10.7 Å². The molecule has 1 aromatic rings. The van der Waals surface area contributed by atoms with Crippen LogP contribution >= 0.6 is 45.8 Å². The van der Waals surface area contributed by atoms with Crippen molar-refractivity contribution in [3.8, 4) is 0 Å². The molecule has 4 nitrogen and oxygen atoms in total. The van der Waals surface area contributed by atoms with Crippen LogP contribution in [0.25, 0.3) is 0 Å². The molecular weight excluding hydrogens is 402 g/mol. The lowest BCUT2D eigenvalue weighted by molar-refractivity contribution is -0.128. The maximum atomic E-state index is 12.6. The second kappa shape index (κ2) is 5.03. The number of Topliss-reactive ketones (excluding diaryl/α,β-unsaturated/α-hetero) is 1. The second-order valence-electron chi connectivity index (χ2n) is 4.13. The summed E-state index contributed by atoms with van der Waals surface area (Å²) in [6.07, 6.45) is 0. The molecule has 0 fully saturated rings. The average Bonchev–Trinajstić information content (AvgIpc) is 2.53. The lowest BCUT2D eigenvalue weighted by Gasteiger charge is -2.19.